The average molecular weight is 403 g/mol. The molecule has 88 valence electrons. The molecule has 0 bridgehead atoms. The van der Waals surface area contributed by atoms with Gasteiger partial charge in [-0.2, -0.15) is 0 Å². The van der Waals surface area contributed by atoms with Crippen LogP contribution in [0.4, 0.5) is 0 Å². The van der Waals surface area contributed by atoms with Gasteiger partial charge in [0.25, 0.3) is 0 Å². The number of rotatable bonds is 1. The number of alkyl halides is 1. The Hall–Kier alpha value is -0.550. The number of hydrogen-bond donors (Lipinski definition) is 1. The summed E-state index contributed by atoms with van der Waals surface area (Å²) in [6, 6.07) is 7.28. The normalized spacial score (nSPS) is 23.9. The van der Waals surface area contributed by atoms with Crippen molar-refractivity contribution in [2.75, 3.05) is 0 Å². The molecule has 0 fully saturated rings. The minimum absolute atomic E-state index is 0.0205. The summed E-state index contributed by atoms with van der Waals surface area (Å²) < 4.78 is 1.06. The Morgan fingerprint density at radius 3 is 2.41 bits per heavy atom. The van der Waals surface area contributed by atoms with E-state index < -0.39 is 0 Å². The fourth-order valence-electron chi connectivity index (χ4n) is 1.71. The van der Waals surface area contributed by atoms with E-state index in [0.29, 0.717) is 5.75 Å². The number of halogens is 2. The van der Waals surface area contributed by atoms with Crippen molar-refractivity contribution in [2.24, 2.45) is 0 Å². The van der Waals surface area contributed by atoms with Crippen LogP contribution in [0.1, 0.15) is 12.5 Å². The highest BCUT2D eigenvalue weighted by atomic mass is 127. The molecule has 0 spiro atoms. The molecule has 0 heterocycles. The number of aromatic hydroxyl groups is 1. The molecule has 1 unspecified atom stereocenters. The van der Waals surface area contributed by atoms with E-state index in [-0.39, 0.29) is 3.42 Å². The molecule has 17 heavy (non-hydrogen) atoms. The van der Waals surface area contributed by atoms with Crippen LogP contribution in [0.15, 0.2) is 53.1 Å². The number of allylic oxidation sites excluding steroid dienone is 6. The molecule has 0 aliphatic heterocycles. The maximum Gasteiger partial charge on any atom is 0.115 e. The van der Waals surface area contributed by atoms with Crippen LogP contribution in [0.2, 0.25) is 0 Å². The quantitative estimate of drug-likeness (QED) is 0.527. The van der Waals surface area contributed by atoms with Crippen LogP contribution in [0, 0.1) is 0 Å². The van der Waals surface area contributed by atoms with Crippen LogP contribution in [-0.2, 0) is 0 Å². The summed E-state index contributed by atoms with van der Waals surface area (Å²) in [6.07, 6.45) is 8.50. The second-order valence-corrected chi connectivity index (χ2v) is 7.40. The lowest BCUT2D eigenvalue weighted by atomic mass is 10.0. The van der Waals surface area contributed by atoms with Gasteiger partial charge in [-0.3, -0.25) is 0 Å². The first-order valence-electron chi connectivity index (χ1n) is 5.24. The third-order valence-electron chi connectivity index (χ3n) is 2.48. The molecular weight excluding hydrogens is 391 g/mol. The maximum atomic E-state index is 9.30. The van der Waals surface area contributed by atoms with Gasteiger partial charge in [0.2, 0.25) is 0 Å². The van der Waals surface area contributed by atoms with Crippen molar-refractivity contribution in [2.45, 2.75) is 10.3 Å². The molecule has 1 nitrogen and oxygen atoms in total. The average Bonchev–Trinajstić information content (AvgIpc) is 2.37. The molecule has 0 radical (unpaired) electrons. The standard InChI is InChI=1S/C14H12BrIO/c1-14(16)8-11(2-5-12(15)9-14)10-3-6-13(17)7-4-10/h2-9,17H,1H3. The van der Waals surface area contributed by atoms with E-state index in [1.54, 1.807) is 12.1 Å². The summed E-state index contributed by atoms with van der Waals surface area (Å²) in [5.41, 5.74) is 2.27. The lowest BCUT2D eigenvalue weighted by Gasteiger charge is -2.14. The zero-order valence-corrected chi connectivity index (χ0v) is 13.1. The summed E-state index contributed by atoms with van der Waals surface area (Å²) in [6.45, 7) is 2.15. The smallest absolute Gasteiger partial charge is 0.115 e. The summed E-state index contributed by atoms with van der Waals surface area (Å²) in [5.74, 6) is 0.295. The Kier molecular flexibility index (Phi) is 3.78. The maximum absolute atomic E-state index is 9.30. The molecule has 0 saturated carbocycles. The lowest BCUT2D eigenvalue weighted by molar-refractivity contribution is 0.475. The minimum atomic E-state index is -0.0205. The highest BCUT2D eigenvalue weighted by Crippen LogP contribution is 2.33. The molecule has 1 aromatic carbocycles. The third-order valence-corrected chi connectivity index (χ3v) is 3.60. The van der Waals surface area contributed by atoms with E-state index >= 15 is 0 Å². The van der Waals surface area contributed by atoms with Gasteiger partial charge in [-0.15, -0.1) is 0 Å². The lowest BCUT2D eigenvalue weighted by Crippen LogP contribution is -2.07. The zero-order valence-electron chi connectivity index (χ0n) is 9.32. The summed E-state index contributed by atoms with van der Waals surface area (Å²) in [5, 5.41) is 9.30. The molecule has 2 rings (SSSR count). The van der Waals surface area contributed by atoms with Gasteiger partial charge in [0.15, 0.2) is 0 Å². The highest BCUT2D eigenvalue weighted by molar-refractivity contribution is 14.1. The third kappa shape index (κ3) is 3.45. The molecule has 1 atom stereocenters. The van der Waals surface area contributed by atoms with E-state index in [9.17, 15) is 5.11 Å². The van der Waals surface area contributed by atoms with Crippen molar-refractivity contribution < 1.29 is 5.11 Å². The molecule has 1 N–H and O–H groups in total. The van der Waals surface area contributed by atoms with Crippen molar-refractivity contribution in [1.29, 1.82) is 0 Å². The number of phenolic OH excluding ortho intramolecular Hbond substituents is 1. The Morgan fingerprint density at radius 1 is 1.12 bits per heavy atom. The molecule has 0 amide bonds. The largest absolute Gasteiger partial charge is 0.508 e. The fourth-order valence-corrected chi connectivity index (χ4v) is 3.42. The van der Waals surface area contributed by atoms with Gasteiger partial charge in [0.05, 0.1) is 3.42 Å². The molecule has 1 aliphatic rings. The summed E-state index contributed by atoms with van der Waals surface area (Å²) in [4.78, 5) is 0. The molecule has 0 saturated heterocycles. The van der Waals surface area contributed by atoms with Gasteiger partial charge in [-0.25, -0.2) is 0 Å². The van der Waals surface area contributed by atoms with Crippen LogP contribution < -0.4 is 0 Å². The van der Waals surface area contributed by atoms with E-state index in [1.807, 2.05) is 18.2 Å². The molecule has 1 aromatic rings. The minimum Gasteiger partial charge on any atom is -0.508 e. The van der Waals surface area contributed by atoms with Crippen LogP contribution in [0.25, 0.3) is 5.57 Å². The van der Waals surface area contributed by atoms with Gasteiger partial charge in [0, 0.05) is 4.48 Å². The highest BCUT2D eigenvalue weighted by Gasteiger charge is 2.17. The van der Waals surface area contributed by atoms with Gasteiger partial charge < -0.3 is 5.11 Å². The first-order valence-corrected chi connectivity index (χ1v) is 7.11. The van der Waals surface area contributed by atoms with Crippen LogP contribution in [0.3, 0.4) is 0 Å². The van der Waals surface area contributed by atoms with Crippen molar-refractivity contribution in [3.05, 3.63) is 58.6 Å². The monoisotopic (exact) mass is 402 g/mol. The van der Waals surface area contributed by atoms with Crippen LogP contribution in [-0.4, -0.2) is 8.53 Å². The first kappa shape index (κ1) is 12.9. The molecule has 1 aliphatic carbocycles. The van der Waals surface area contributed by atoms with E-state index in [4.69, 9.17) is 0 Å². The molecule has 3 heteroatoms. The topological polar surface area (TPSA) is 20.2 Å². The van der Waals surface area contributed by atoms with E-state index in [1.165, 1.54) is 0 Å². The fraction of sp³-hybridized carbons (Fsp3) is 0.143. The van der Waals surface area contributed by atoms with E-state index in [0.717, 1.165) is 15.6 Å². The second-order valence-electron chi connectivity index (χ2n) is 4.16. The van der Waals surface area contributed by atoms with Gasteiger partial charge in [-0.1, -0.05) is 68.9 Å². The molecule has 0 aromatic heterocycles. The van der Waals surface area contributed by atoms with Crippen molar-refractivity contribution in [1.82, 2.24) is 0 Å². The first-order chi connectivity index (χ1) is 7.96. The zero-order chi connectivity index (χ0) is 12.5. The Balaban J connectivity index is 2.43. The van der Waals surface area contributed by atoms with Crippen molar-refractivity contribution >= 4 is 44.1 Å². The molecular formula is C14H12BrIO. The predicted octanol–water partition coefficient (Wildman–Crippen LogP) is 4.82. The van der Waals surface area contributed by atoms with E-state index in [2.05, 4.69) is 63.7 Å². The number of hydrogen-bond acceptors (Lipinski definition) is 1. The number of phenols is 1. The summed E-state index contributed by atoms with van der Waals surface area (Å²) >= 11 is 5.93. The number of benzene rings is 1. The van der Waals surface area contributed by atoms with Crippen LogP contribution >= 0.6 is 38.5 Å². The van der Waals surface area contributed by atoms with Crippen molar-refractivity contribution in [3.8, 4) is 5.75 Å². The van der Waals surface area contributed by atoms with Crippen molar-refractivity contribution in [3.63, 3.8) is 0 Å². The SMILES string of the molecule is CC1(I)C=C(Br)C=CC(c2ccc(O)cc2)=C1. The van der Waals surface area contributed by atoms with Crippen LogP contribution in [0.5, 0.6) is 5.75 Å². The van der Waals surface area contributed by atoms with Gasteiger partial charge >= 0.3 is 0 Å². The Bertz CT molecular complexity index is 510. The summed E-state index contributed by atoms with van der Waals surface area (Å²) in [7, 11) is 0. The Labute approximate surface area is 123 Å². The van der Waals surface area contributed by atoms with Gasteiger partial charge in [-0.05, 0) is 36.3 Å². The second kappa shape index (κ2) is 4.98. The predicted molar refractivity (Wildman–Crippen MR) is 84.7 cm³/mol. The Morgan fingerprint density at radius 2 is 1.76 bits per heavy atom. The van der Waals surface area contributed by atoms with Gasteiger partial charge in [0.1, 0.15) is 5.75 Å².